The highest BCUT2D eigenvalue weighted by atomic mass is 15.2. The first-order valence-corrected chi connectivity index (χ1v) is 7.37. The molecule has 2 unspecified atom stereocenters. The number of nitrogens with two attached hydrogens (primary N) is 1. The molecule has 2 atom stereocenters. The predicted molar refractivity (Wildman–Crippen MR) is 73.9 cm³/mol. The van der Waals surface area contributed by atoms with Crippen LogP contribution in [0.25, 0.3) is 0 Å². The highest BCUT2D eigenvalue weighted by Gasteiger charge is 2.38. The van der Waals surface area contributed by atoms with Crippen LogP contribution in [0, 0.1) is 17.3 Å². The molecule has 2 saturated carbocycles. The van der Waals surface area contributed by atoms with E-state index in [4.69, 9.17) is 5.73 Å². The number of rotatable bonds is 6. The second-order valence-electron chi connectivity index (χ2n) is 7.51. The van der Waals surface area contributed by atoms with E-state index in [9.17, 15) is 0 Å². The summed E-state index contributed by atoms with van der Waals surface area (Å²) >= 11 is 0. The van der Waals surface area contributed by atoms with E-state index in [1.54, 1.807) is 0 Å². The third-order valence-corrected chi connectivity index (χ3v) is 4.16. The van der Waals surface area contributed by atoms with Gasteiger partial charge in [-0.15, -0.1) is 0 Å². The summed E-state index contributed by atoms with van der Waals surface area (Å²) in [6.07, 6.45) is 5.77. The Hall–Kier alpha value is -0.0800. The highest BCUT2D eigenvalue weighted by molar-refractivity contribution is 4.93. The average Bonchev–Trinajstić information content (AvgIpc) is 2.94. The fourth-order valence-corrected chi connectivity index (χ4v) is 3.23. The van der Waals surface area contributed by atoms with Crippen LogP contribution in [0.15, 0.2) is 0 Å². The summed E-state index contributed by atoms with van der Waals surface area (Å²) in [5.41, 5.74) is 6.56. The lowest BCUT2D eigenvalue weighted by molar-refractivity contribution is 0.0731. The molecule has 2 nitrogen and oxygen atoms in total. The number of nitrogens with zero attached hydrogens (tertiary/aromatic N) is 1. The smallest absolute Gasteiger partial charge is 0.0293 e. The van der Waals surface area contributed by atoms with E-state index in [1.165, 1.54) is 38.8 Å². The molecule has 0 bridgehead atoms. The van der Waals surface area contributed by atoms with Gasteiger partial charge in [-0.2, -0.15) is 0 Å². The van der Waals surface area contributed by atoms with E-state index in [-0.39, 0.29) is 11.5 Å². The summed E-state index contributed by atoms with van der Waals surface area (Å²) in [5.74, 6) is 1.94. The van der Waals surface area contributed by atoms with Crippen molar-refractivity contribution in [3.63, 3.8) is 0 Å². The average molecular weight is 238 g/mol. The number of hydrogen-bond acceptors (Lipinski definition) is 2. The van der Waals surface area contributed by atoms with Crippen LogP contribution >= 0.6 is 0 Å². The molecular weight excluding hydrogens is 208 g/mol. The molecule has 0 amide bonds. The molecule has 0 heterocycles. The van der Waals surface area contributed by atoms with Crippen molar-refractivity contribution in [2.75, 3.05) is 13.1 Å². The molecule has 0 radical (unpaired) electrons. The van der Waals surface area contributed by atoms with Gasteiger partial charge in [-0.05, 0) is 49.9 Å². The van der Waals surface area contributed by atoms with Gasteiger partial charge in [0.05, 0.1) is 0 Å². The van der Waals surface area contributed by atoms with Gasteiger partial charge in [0.25, 0.3) is 0 Å². The van der Waals surface area contributed by atoms with Crippen molar-refractivity contribution in [2.45, 2.75) is 65.5 Å². The minimum absolute atomic E-state index is 0.271. The second-order valence-corrected chi connectivity index (χ2v) is 7.51. The lowest BCUT2D eigenvalue weighted by atomic mass is 9.81. The zero-order valence-corrected chi connectivity index (χ0v) is 12.1. The predicted octanol–water partition coefficient (Wildman–Crippen LogP) is 2.87. The lowest BCUT2D eigenvalue weighted by Crippen LogP contribution is -2.54. The van der Waals surface area contributed by atoms with Crippen LogP contribution in [0.3, 0.4) is 0 Å². The Labute approximate surface area is 107 Å². The van der Waals surface area contributed by atoms with Gasteiger partial charge < -0.3 is 5.73 Å². The van der Waals surface area contributed by atoms with E-state index in [2.05, 4.69) is 32.6 Å². The van der Waals surface area contributed by atoms with Gasteiger partial charge in [0.2, 0.25) is 0 Å². The minimum Gasteiger partial charge on any atom is -0.327 e. The van der Waals surface area contributed by atoms with Crippen LogP contribution in [-0.2, 0) is 0 Å². The van der Waals surface area contributed by atoms with Crippen molar-refractivity contribution in [3.8, 4) is 0 Å². The first kappa shape index (κ1) is 13.4. The number of hydrogen-bond donors (Lipinski definition) is 1. The summed E-state index contributed by atoms with van der Waals surface area (Å²) in [5, 5.41) is 0. The molecule has 2 aliphatic rings. The zero-order valence-electron chi connectivity index (χ0n) is 12.1. The van der Waals surface area contributed by atoms with E-state index in [0.717, 1.165) is 11.8 Å². The fraction of sp³-hybridized carbons (Fsp3) is 1.00. The Bertz CT molecular complexity index is 232. The first-order chi connectivity index (χ1) is 7.88. The highest BCUT2D eigenvalue weighted by Crippen LogP contribution is 2.37. The van der Waals surface area contributed by atoms with Crippen molar-refractivity contribution in [3.05, 3.63) is 0 Å². The van der Waals surface area contributed by atoms with Crippen molar-refractivity contribution in [1.29, 1.82) is 0 Å². The fourth-order valence-electron chi connectivity index (χ4n) is 3.23. The maximum absolute atomic E-state index is 6.27. The Morgan fingerprint density at radius 1 is 1.06 bits per heavy atom. The molecule has 0 aliphatic heterocycles. The van der Waals surface area contributed by atoms with Gasteiger partial charge in [-0.1, -0.05) is 20.8 Å². The molecule has 0 aromatic heterocycles. The summed E-state index contributed by atoms with van der Waals surface area (Å²) in [4.78, 5) is 2.72. The van der Waals surface area contributed by atoms with Gasteiger partial charge >= 0.3 is 0 Å². The molecule has 2 rings (SSSR count). The maximum atomic E-state index is 6.27. The summed E-state index contributed by atoms with van der Waals surface area (Å²) < 4.78 is 0. The SMILES string of the molecule is CC(N)C(N(CC1CC1)CC1CC1)C(C)(C)C. The molecule has 2 fully saturated rings. The topological polar surface area (TPSA) is 29.3 Å². The quantitative estimate of drug-likeness (QED) is 0.771. The Morgan fingerprint density at radius 2 is 1.47 bits per heavy atom. The van der Waals surface area contributed by atoms with E-state index in [0.29, 0.717) is 6.04 Å². The van der Waals surface area contributed by atoms with Gasteiger partial charge in [-0.25, -0.2) is 0 Å². The Kier molecular flexibility index (Phi) is 3.84. The van der Waals surface area contributed by atoms with Crippen molar-refractivity contribution in [2.24, 2.45) is 23.0 Å². The van der Waals surface area contributed by atoms with Gasteiger partial charge in [0.1, 0.15) is 0 Å². The van der Waals surface area contributed by atoms with Crippen LogP contribution in [0.2, 0.25) is 0 Å². The van der Waals surface area contributed by atoms with Crippen LogP contribution < -0.4 is 5.73 Å². The Balaban J connectivity index is 2.02. The molecule has 0 spiro atoms. The van der Waals surface area contributed by atoms with Gasteiger partial charge in [0.15, 0.2) is 0 Å². The van der Waals surface area contributed by atoms with Crippen molar-refractivity contribution in [1.82, 2.24) is 4.90 Å². The molecule has 2 N–H and O–H groups in total. The molecule has 0 aromatic carbocycles. The van der Waals surface area contributed by atoms with Crippen molar-refractivity contribution < 1.29 is 0 Å². The van der Waals surface area contributed by atoms with Crippen molar-refractivity contribution >= 4 is 0 Å². The largest absolute Gasteiger partial charge is 0.327 e. The molecule has 2 heteroatoms. The van der Waals surface area contributed by atoms with Gasteiger partial charge in [0, 0.05) is 25.2 Å². The molecule has 2 aliphatic carbocycles. The van der Waals surface area contributed by atoms with Crippen LogP contribution in [0.1, 0.15) is 53.4 Å². The van der Waals surface area contributed by atoms with Crippen LogP contribution in [-0.4, -0.2) is 30.1 Å². The monoisotopic (exact) mass is 238 g/mol. The normalized spacial score (nSPS) is 25.1. The minimum atomic E-state index is 0.271. The standard InChI is InChI=1S/C15H30N2/c1-11(16)14(15(2,3)4)17(9-12-5-6-12)10-13-7-8-13/h11-14H,5-10,16H2,1-4H3. The lowest BCUT2D eigenvalue weighted by Gasteiger charge is -2.43. The van der Waals surface area contributed by atoms with E-state index < -0.39 is 0 Å². The molecule has 0 saturated heterocycles. The van der Waals surface area contributed by atoms with Gasteiger partial charge in [-0.3, -0.25) is 4.90 Å². The third kappa shape index (κ3) is 3.96. The van der Waals surface area contributed by atoms with E-state index >= 15 is 0 Å². The second kappa shape index (κ2) is 4.89. The van der Waals surface area contributed by atoms with E-state index in [1.807, 2.05) is 0 Å². The first-order valence-electron chi connectivity index (χ1n) is 7.37. The summed E-state index contributed by atoms with van der Waals surface area (Å²) in [7, 11) is 0. The van der Waals surface area contributed by atoms with Crippen LogP contribution in [0.5, 0.6) is 0 Å². The molecule has 0 aromatic rings. The molecule has 17 heavy (non-hydrogen) atoms. The van der Waals surface area contributed by atoms with Crippen LogP contribution in [0.4, 0.5) is 0 Å². The Morgan fingerprint density at radius 3 is 1.71 bits per heavy atom. The third-order valence-electron chi connectivity index (χ3n) is 4.16. The maximum Gasteiger partial charge on any atom is 0.0293 e. The summed E-state index contributed by atoms with van der Waals surface area (Å²) in [6.45, 7) is 11.8. The molecule has 100 valence electrons. The molecular formula is C15H30N2. The summed E-state index contributed by atoms with van der Waals surface area (Å²) in [6, 6.07) is 0.802. The zero-order chi connectivity index (χ0) is 12.6.